The Kier molecular flexibility index (Phi) is 2.66. The second-order valence-corrected chi connectivity index (χ2v) is 9.32. The number of aliphatic hydroxyl groups is 2. The smallest absolute Gasteiger partial charge is 0.172 e. The Bertz CT molecular complexity index is 1100. The Hall–Kier alpha value is -2.38. The zero-order chi connectivity index (χ0) is 20.8. The van der Waals surface area contributed by atoms with E-state index in [2.05, 4.69) is 0 Å². The molecule has 4 atom stereocenters. The molecule has 30 heavy (non-hydrogen) atoms. The first-order valence-corrected chi connectivity index (χ1v) is 10.4. The topological polar surface area (TPSA) is 93.1 Å². The van der Waals surface area contributed by atoms with Gasteiger partial charge in [0.1, 0.15) is 22.4 Å². The van der Waals surface area contributed by atoms with Crippen molar-refractivity contribution in [3.63, 3.8) is 0 Å². The van der Waals surface area contributed by atoms with E-state index >= 15 is 0 Å². The van der Waals surface area contributed by atoms with E-state index in [1.165, 1.54) is 0 Å². The number of hydrogen-bond donors (Lipinski definition) is 2. The molecule has 0 radical (unpaired) electrons. The maximum absolute atomic E-state index is 13.7. The number of fused-ring (bicyclic) bond motifs is 4. The highest BCUT2D eigenvalue weighted by Gasteiger charge is 2.98. The van der Waals surface area contributed by atoms with Crippen LogP contribution in [0.1, 0.15) is 45.7 Å². The molecule has 2 aromatic rings. The molecule has 2 heterocycles. The van der Waals surface area contributed by atoms with Gasteiger partial charge in [-0.15, -0.1) is 0 Å². The van der Waals surface area contributed by atoms with E-state index in [-0.39, 0.29) is 11.6 Å². The standard InChI is InChI=1S/C24H20O6/c1-11-21(27)15-9-5-3-7-13(15)17(25)19-23(21,29-11)20-18(26)14-8-4-6-10-16(14)22(28)12(2)30-24(19,20)22/h3-12,19-20,27-28H,1-2H3/t11?,12?,19?,20?,21-,22-,23?,24?/m0/s1. The largest absolute Gasteiger partial charge is 0.379 e. The van der Waals surface area contributed by atoms with Crippen molar-refractivity contribution in [2.24, 2.45) is 11.8 Å². The highest BCUT2D eigenvalue weighted by Crippen LogP contribution is 2.80. The Morgan fingerprint density at radius 3 is 1.43 bits per heavy atom. The van der Waals surface area contributed by atoms with Gasteiger partial charge in [0.2, 0.25) is 0 Å². The number of Topliss-reactive ketones (excluding diaryl/α,β-unsaturated/α-hetero) is 2. The number of benzene rings is 2. The van der Waals surface area contributed by atoms with Crippen molar-refractivity contribution in [3.05, 3.63) is 70.8 Å². The van der Waals surface area contributed by atoms with Crippen molar-refractivity contribution in [1.82, 2.24) is 0 Å². The molecule has 5 aliphatic rings. The third kappa shape index (κ3) is 1.25. The third-order valence-electron chi connectivity index (χ3n) is 8.56. The minimum atomic E-state index is -1.51. The summed E-state index contributed by atoms with van der Waals surface area (Å²) >= 11 is 0. The average molecular weight is 404 g/mol. The van der Waals surface area contributed by atoms with Crippen molar-refractivity contribution >= 4 is 11.6 Å². The summed E-state index contributed by atoms with van der Waals surface area (Å²) in [6.07, 6.45) is -1.19. The summed E-state index contributed by atoms with van der Waals surface area (Å²) < 4.78 is 12.3. The van der Waals surface area contributed by atoms with Gasteiger partial charge < -0.3 is 19.7 Å². The quantitative estimate of drug-likeness (QED) is 0.695. The van der Waals surface area contributed by atoms with Crippen LogP contribution >= 0.6 is 0 Å². The van der Waals surface area contributed by atoms with Gasteiger partial charge in [-0.1, -0.05) is 48.5 Å². The molecule has 2 spiro atoms. The van der Waals surface area contributed by atoms with Gasteiger partial charge in [-0.2, -0.15) is 0 Å². The molecule has 2 N–H and O–H groups in total. The lowest BCUT2D eigenvalue weighted by Gasteiger charge is -2.84. The van der Waals surface area contributed by atoms with Crippen LogP contribution in [0.4, 0.5) is 0 Å². The molecule has 2 unspecified atom stereocenters. The first-order chi connectivity index (χ1) is 14.3. The van der Waals surface area contributed by atoms with Crippen molar-refractivity contribution in [2.45, 2.75) is 48.5 Å². The molecule has 6 heteroatoms. The lowest BCUT2D eigenvalue weighted by Crippen LogP contribution is -3.01. The maximum atomic E-state index is 13.7. The van der Waals surface area contributed by atoms with Gasteiger partial charge in [0.25, 0.3) is 0 Å². The van der Waals surface area contributed by atoms with Crippen LogP contribution in [0.5, 0.6) is 0 Å². The van der Waals surface area contributed by atoms with E-state index < -0.39 is 46.4 Å². The summed E-state index contributed by atoms with van der Waals surface area (Å²) in [5, 5.41) is 23.9. The van der Waals surface area contributed by atoms with E-state index in [0.29, 0.717) is 22.3 Å². The number of ketones is 2. The average Bonchev–Trinajstić information content (AvgIpc) is 2.75. The Balaban J connectivity index is 1.56. The number of carbonyl (C=O) groups is 2. The molecule has 0 aromatic heterocycles. The van der Waals surface area contributed by atoms with Crippen molar-refractivity contribution < 1.29 is 29.3 Å². The van der Waals surface area contributed by atoms with Crippen LogP contribution in [-0.2, 0) is 20.7 Å². The van der Waals surface area contributed by atoms with Gasteiger partial charge in [0, 0.05) is 11.1 Å². The zero-order valence-electron chi connectivity index (χ0n) is 16.5. The molecule has 1 saturated carbocycles. The number of hydrogen-bond acceptors (Lipinski definition) is 6. The van der Waals surface area contributed by atoms with E-state index in [1.807, 2.05) is 0 Å². The Morgan fingerprint density at radius 1 is 0.700 bits per heavy atom. The fourth-order valence-electron chi connectivity index (χ4n) is 7.49. The van der Waals surface area contributed by atoms with Gasteiger partial charge in [-0.05, 0) is 25.0 Å². The normalized spacial score (nSPS) is 49.1. The van der Waals surface area contributed by atoms with Gasteiger partial charge >= 0.3 is 0 Å². The second-order valence-electron chi connectivity index (χ2n) is 9.32. The lowest BCUT2D eigenvalue weighted by atomic mass is 9.30. The van der Waals surface area contributed by atoms with Crippen LogP contribution in [0.3, 0.4) is 0 Å². The predicted octanol–water partition coefficient (Wildman–Crippen LogP) is 1.72. The molecule has 152 valence electrons. The molecule has 7 rings (SSSR count). The fourth-order valence-corrected chi connectivity index (χ4v) is 7.49. The van der Waals surface area contributed by atoms with Crippen molar-refractivity contribution in [1.29, 1.82) is 0 Å². The van der Waals surface area contributed by atoms with E-state index in [1.54, 1.807) is 62.4 Å². The van der Waals surface area contributed by atoms with Crippen LogP contribution in [-0.4, -0.2) is 45.2 Å². The monoisotopic (exact) mass is 404 g/mol. The Labute approximate surface area is 172 Å². The van der Waals surface area contributed by atoms with Crippen LogP contribution in [0.25, 0.3) is 0 Å². The van der Waals surface area contributed by atoms with Gasteiger partial charge in [-0.3, -0.25) is 9.59 Å². The fraction of sp³-hybridized carbons (Fsp3) is 0.417. The minimum absolute atomic E-state index is 0.254. The highest BCUT2D eigenvalue weighted by molar-refractivity contribution is 6.12. The van der Waals surface area contributed by atoms with Crippen molar-refractivity contribution in [2.75, 3.05) is 0 Å². The third-order valence-corrected chi connectivity index (χ3v) is 8.56. The van der Waals surface area contributed by atoms with Crippen LogP contribution in [0.2, 0.25) is 0 Å². The molecular weight excluding hydrogens is 384 g/mol. The first kappa shape index (κ1) is 17.3. The summed E-state index contributed by atoms with van der Waals surface area (Å²) in [7, 11) is 0. The summed E-state index contributed by atoms with van der Waals surface area (Å²) in [6, 6.07) is 13.9. The van der Waals surface area contributed by atoms with Gasteiger partial charge in [0.15, 0.2) is 11.6 Å². The van der Waals surface area contributed by atoms with E-state index in [9.17, 15) is 19.8 Å². The van der Waals surface area contributed by atoms with Gasteiger partial charge in [-0.25, -0.2) is 0 Å². The molecule has 6 nitrogen and oxygen atoms in total. The zero-order valence-corrected chi connectivity index (χ0v) is 16.5. The number of rotatable bonds is 0. The van der Waals surface area contributed by atoms with Gasteiger partial charge in [0.05, 0.1) is 24.0 Å². The molecule has 2 aliphatic heterocycles. The summed E-state index contributed by atoms with van der Waals surface area (Å²) in [4.78, 5) is 27.5. The first-order valence-electron chi connectivity index (χ1n) is 10.4. The SMILES string of the molecule is CC1OC23C(C(=O)c4ccccc4[C@@]12O)C12OC(C)[C@]1(O)c1ccccc1C(=O)C32. The molecule has 2 aromatic carbocycles. The summed E-state index contributed by atoms with van der Waals surface area (Å²) in [6.45, 7) is 3.50. The Morgan fingerprint density at radius 2 is 1.07 bits per heavy atom. The second kappa shape index (κ2) is 4.60. The number of carbonyl (C=O) groups excluding carboxylic acids is 2. The lowest BCUT2D eigenvalue weighted by molar-refractivity contribution is -0.519. The van der Waals surface area contributed by atoms with Crippen LogP contribution in [0, 0.1) is 11.8 Å². The molecule has 0 amide bonds. The van der Waals surface area contributed by atoms with Crippen LogP contribution < -0.4 is 0 Å². The number of ether oxygens (including phenoxy) is 2. The molecule has 3 fully saturated rings. The van der Waals surface area contributed by atoms with E-state index in [0.717, 1.165) is 0 Å². The van der Waals surface area contributed by atoms with Crippen LogP contribution in [0.15, 0.2) is 48.5 Å². The molecule has 0 bridgehead atoms. The molecule has 2 saturated heterocycles. The maximum Gasteiger partial charge on any atom is 0.172 e. The summed E-state index contributed by atoms with van der Waals surface area (Å²) in [5.41, 5.74) is -4.11. The predicted molar refractivity (Wildman–Crippen MR) is 103 cm³/mol. The van der Waals surface area contributed by atoms with Crippen molar-refractivity contribution in [3.8, 4) is 0 Å². The van der Waals surface area contributed by atoms with E-state index in [4.69, 9.17) is 9.47 Å². The molecule has 3 aliphatic carbocycles. The minimum Gasteiger partial charge on any atom is -0.379 e. The molecular formula is C24H20O6. The summed E-state index contributed by atoms with van der Waals surface area (Å²) in [5.74, 6) is -2.44. The highest BCUT2D eigenvalue weighted by atomic mass is 16.6.